The van der Waals surface area contributed by atoms with Crippen LogP contribution in [0.15, 0.2) is 27.6 Å². The number of nitrogens with one attached hydrogen (secondary N) is 1. The van der Waals surface area contributed by atoms with Crippen molar-refractivity contribution in [2.45, 2.75) is 24.3 Å². The van der Waals surface area contributed by atoms with Crippen LogP contribution < -0.4 is 10.5 Å². The minimum absolute atomic E-state index is 0.181. The Morgan fingerprint density at radius 2 is 2.17 bits per heavy atom. The number of hydrogen-bond donors (Lipinski definition) is 2. The Kier molecular flexibility index (Phi) is 5.58. The molecule has 1 atom stereocenters. The monoisotopic (exact) mass is 336 g/mol. The number of nitrogen functional groups attached to an aromatic ring is 1. The summed E-state index contributed by atoms with van der Waals surface area (Å²) in [4.78, 5) is 0.181. The van der Waals surface area contributed by atoms with Gasteiger partial charge in [0, 0.05) is 29.9 Å². The topological polar surface area (TPSA) is 81.4 Å². The molecule has 1 aromatic rings. The quantitative estimate of drug-likeness (QED) is 0.775. The number of anilines is 1. The minimum atomic E-state index is -3.55. The van der Waals surface area contributed by atoms with Gasteiger partial charge in [-0.1, -0.05) is 0 Å². The molecule has 0 aromatic heterocycles. The number of hydrogen-bond acceptors (Lipinski definition) is 4. The fraction of sp³-hybridized carbons (Fsp3) is 0.455. The van der Waals surface area contributed by atoms with Gasteiger partial charge < -0.3 is 10.5 Å². The maximum absolute atomic E-state index is 12.1. The molecule has 0 bridgehead atoms. The van der Waals surface area contributed by atoms with Gasteiger partial charge in [0.15, 0.2) is 0 Å². The van der Waals surface area contributed by atoms with Gasteiger partial charge in [-0.25, -0.2) is 13.1 Å². The van der Waals surface area contributed by atoms with Crippen molar-refractivity contribution in [2.24, 2.45) is 0 Å². The summed E-state index contributed by atoms with van der Waals surface area (Å²) >= 11 is 3.20. The van der Waals surface area contributed by atoms with Crippen LogP contribution >= 0.6 is 15.9 Å². The van der Waals surface area contributed by atoms with Gasteiger partial charge in [-0.05, 0) is 47.5 Å². The molecule has 0 aliphatic rings. The van der Waals surface area contributed by atoms with Crippen LogP contribution in [0.25, 0.3) is 0 Å². The lowest BCUT2D eigenvalue weighted by Crippen LogP contribution is -2.33. The summed E-state index contributed by atoms with van der Waals surface area (Å²) in [6.45, 7) is 2.30. The highest BCUT2D eigenvalue weighted by Crippen LogP contribution is 2.24. The second-order valence-corrected chi connectivity index (χ2v) is 6.53. The molecule has 102 valence electrons. The van der Waals surface area contributed by atoms with E-state index in [0.29, 0.717) is 23.2 Å². The molecule has 0 heterocycles. The van der Waals surface area contributed by atoms with Crippen LogP contribution in [-0.4, -0.2) is 28.2 Å². The highest BCUT2D eigenvalue weighted by atomic mass is 79.9. The van der Waals surface area contributed by atoms with Gasteiger partial charge in [0.05, 0.1) is 4.90 Å². The molecule has 0 spiro atoms. The van der Waals surface area contributed by atoms with Crippen LogP contribution in [0.4, 0.5) is 5.69 Å². The minimum Gasteiger partial charge on any atom is -0.399 e. The van der Waals surface area contributed by atoms with Crippen molar-refractivity contribution in [2.75, 3.05) is 19.5 Å². The highest BCUT2D eigenvalue weighted by Gasteiger charge is 2.19. The molecule has 0 fully saturated rings. The molecule has 0 amide bonds. The molecule has 0 aliphatic carbocycles. The summed E-state index contributed by atoms with van der Waals surface area (Å²) in [6.07, 6.45) is 0.613. The predicted octanol–water partition coefficient (Wildman–Crippen LogP) is 1.73. The lowest BCUT2D eigenvalue weighted by Gasteiger charge is -2.14. The Balaban J connectivity index is 2.86. The number of rotatable bonds is 6. The maximum Gasteiger partial charge on any atom is 0.241 e. The smallest absolute Gasteiger partial charge is 0.241 e. The van der Waals surface area contributed by atoms with Gasteiger partial charge >= 0.3 is 0 Å². The van der Waals surface area contributed by atoms with Crippen molar-refractivity contribution in [1.29, 1.82) is 0 Å². The predicted molar refractivity (Wildman–Crippen MR) is 74.8 cm³/mol. The second kappa shape index (κ2) is 6.51. The van der Waals surface area contributed by atoms with Gasteiger partial charge in [-0.3, -0.25) is 0 Å². The van der Waals surface area contributed by atoms with E-state index in [0.717, 1.165) is 0 Å². The zero-order valence-electron chi connectivity index (χ0n) is 10.3. The lowest BCUT2D eigenvalue weighted by atomic mass is 10.3. The molecule has 1 rings (SSSR count). The van der Waals surface area contributed by atoms with Gasteiger partial charge in [0.25, 0.3) is 0 Å². The van der Waals surface area contributed by atoms with Gasteiger partial charge in [0.1, 0.15) is 0 Å². The standard InChI is InChI=1S/C11H17BrN2O3S/c1-8(5-6-17-2)14-18(15,16)11-4-3-9(13)7-10(11)12/h3-4,7-8,14H,5-6,13H2,1-2H3. The molecule has 3 N–H and O–H groups in total. The number of nitrogens with two attached hydrogens (primary N) is 1. The summed E-state index contributed by atoms with van der Waals surface area (Å²) < 4.78 is 32.2. The Bertz CT molecular complexity index is 505. The van der Waals surface area contributed by atoms with Crippen LogP contribution in [0.5, 0.6) is 0 Å². The molecule has 0 aliphatic heterocycles. The Morgan fingerprint density at radius 1 is 1.50 bits per heavy atom. The Hall–Kier alpha value is -0.630. The Morgan fingerprint density at radius 3 is 2.72 bits per heavy atom. The third-order valence-electron chi connectivity index (χ3n) is 2.36. The van der Waals surface area contributed by atoms with Crippen molar-refractivity contribution in [3.8, 4) is 0 Å². The van der Waals surface area contributed by atoms with Crippen LogP contribution in [0.1, 0.15) is 13.3 Å². The fourth-order valence-electron chi connectivity index (χ4n) is 1.42. The molecule has 1 unspecified atom stereocenters. The van der Waals surface area contributed by atoms with E-state index in [1.54, 1.807) is 26.2 Å². The lowest BCUT2D eigenvalue weighted by molar-refractivity contribution is 0.188. The van der Waals surface area contributed by atoms with E-state index in [-0.39, 0.29) is 10.9 Å². The number of sulfonamides is 1. The number of ether oxygens (including phenoxy) is 1. The summed E-state index contributed by atoms with van der Waals surface area (Å²) in [7, 11) is -1.96. The molecular weight excluding hydrogens is 320 g/mol. The first-order chi connectivity index (χ1) is 8.36. The van der Waals surface area contributed by atoms with E-state index < -0.39 is 10.0 Å². The van der Waals surface area contributed by atoms with E-state index >= 15 is 0 Å². The van der Waals surface area contributed by atoms with Crippen LogP contribution in [0.3, 0.4) is 0 Å². The van der Waals surface area contributed by atoms with Crippen molar-refractivity contribution in [3.63, 3.8) is 0 Å². The third-order valence-corrected chi connectivity index (χ3v) is 4.92. The van der Waals surface area contributed by atoms with Crippen molar-refractivity contribution in [3.05, 3.63) is 22.7 Å². The first-order valence-corrected chi connectivity index (χ1v) is 7.70. The number of benzene rings is 1. The SMILES string of the molecule is COCCC(C)NS(=O)(=O)c1ccc(N)cc1Br. The van der Waals surface area contributed by atoms with Gasteiger partial charge in [-0.15, -0.1) is 0 Å². The molecule has 0 saturated carbocycles. The average Bonchev–Trinajstić information content (AvgIpc) is 2.25. The van der Waals surface area contributed by atoms with E-state index in [1.165, 1.54) is 6.07 Å². The van der Waals surface area contributed by atoms with Crippen LogP contribution in [-0.2, 0) is 14.8 Å². The van der Waals surface area contributed by atoms with Gasteiger partial charge in [0.2, 0.25) is 10.0 Å². The second-order valence-electron chi connectivity index (χ2n) is 3.99. The summed E-state index contributed by atoms with van der Waals surface area (Å²) in [5.41, 5.74) is 6.08. The molecule has 0 radical (unpaired) electrons. The molecular formula is C11H17BrN2O3S. The normalized spacial score (nSPS) is 13.5. The van der Waals surface area contributed by atoms with E-state index in [2.05, 4.69) is 20.7 Å². The van der Waals surface area contributed by atoms with E-state index in [1.807, 2.05) is 0 Å². The van der Waals surface area contributed by atoms with Crippen LogP contribution in [0.2, 0.25) is 0 Å². The largest absolute Gasteiger partial charge is 0.399 e. The molecule has 5 nitrogen and oxygen atoms in total. The van der Waals surface area contributed by atoms with Gasteiger partial charge in [-0.2, -0.15) is 0 Å². The maximum atomic E-state index is 12.1. The van der Waals surface area contributed by atoms with E-state index in [9.17, 15) is 8.42 Å². The summed E-state index contributed by atoms with van der Waals surface area (Å²) in [5, 5.41) is 0. The first-order valence-electron chi connectivity index (χ1n) is 5.43. The fourth-order valence-corrected chi connectivity index (χ4v) is 3.79. The molecule has 0 saturated heterocycles. The highest BCUT2D eigenvalue weighted by molar-refractivity contribution is 9.10. The molecule has 18 heavy (non-hydrogen) atoms. The van der Waals surface area contributed by atoms with Crippen molar-refractivity contribution in [1.82, 2.24) is 4.72 Å². The number of halogens is 1. The van der Waals surface area contributed by atoms with Crippen LogP contribution in [0, 0.1) is 0 Å². The number of methoxy groups -OCH3 is 1. The van der Waals surface area contributed by atoms with Crippen molar-refractivity contribution >= 4 is 31.6 Å². The average molecular weight is 337 g/mol. The zero-order chi connectivity index (χ0) is 13.8. The first kappa shape index (κ1) is 15.4. The van der Waals surface area contributed by atoms with E-state index in [4.69, 9.17) is 10.5 Å². The third kappa shape index (κ3) is 4.24. The zero-order valence-corrected chi connectivity index (χ0v) is 12.7. The van der Waals surface area contributed by atoms with Crippen molar-refractivity contribution < 1.29 is 13.2 Å². The summed E-state index contributed by atoms with van der Waals surface area (Å²) in [5.74, 6) is 0. The summed E-state index contributed by atoms with van der Waals surface area (Å²) in [6, 6.07) is 4.40. The molecule has 7 heteroatoms. The Labute approximate surface area is 116 Å². The molecule has 1 aromatic carbocycles.